The molecule has 0 saturated heterocycles. The van der Waals surface area contributed by atoms with Gasteiger partial charge in [-0.3, -0.25) is 4.98 Å². The van der Waals surface area contributed by atoms with Gasteiger partial charge in [0.25, 0.3) is 6.43 Å². The molecule has 0 fully saturated rings. The maximum atomic E-state index is 12.0. The number of pyridine rings is 1. The SMILES string of the molecule is Cc1nc(C(F)F)ccc1C#N. The molecule has 62 valence electrons. The minimum absolute atomic E-state index is 0.286. The highest BCUT2D eigenvalue weighted by Crippen LogP contribution is 2.17. The van der Waals surface area contributed by atoms with E-state index in [1.807, 2.05) is 6.07 Å². The minimum Gasteiger partial charge on any atom is -0.251 e. The summed E-state index contributed by atoms with van der Waals surface area (Å²) in [6.45, 7) is 1.53. The minimum atomic E-state index is -2.57. The van der Waals surface area contributed by atoms with Crippen molar-refractivity contribution in [3.05, 3.63) is 29.1 Å². The molecule has 0 aromatic carbocycles. The third-order valence-corrected chi connectivity index (χ3v) is 1.45. The van der Waals surface area contributed by atoms with Crippen molar-refractivity contribution >= 4 is 0 Å². The average molecular weight is 168 g/mol. The van der Waals surface area contributed by atoms with Gasteiger partial charge < -0.3 is 0 Å². The third-order valence-electron chi connectivity index (χ3n) is 1.45. The summed E-state index contributed by atoms with van der Waals surface area (Å²) in [7, 11) is 0. The second-order valence-corrected chi connectivity index (χ2v) is 2.28. The van der Waals surface area contributed by atoms with Crippen LogP contribution in [0.1, 0.15) is 23.4 Å². The summed E-state index contributed by atoms with van der Waals surface area (Å²) in [6, 6.07) is 4.37. The van der Waals surface area contributed by atoms with Crippen molar-refractivity contribution < 1.29 is 8.78 Å². The summed E-state index contributed by atoms with van der Waals surface area (Å²) >= 11 is 0. The Morgan fingerprint density at radius 1 is 1.50 bits per heavy atom. The molecule has 0 N–H and O–H groups in total. The smallest absolute Gasteiger partial charge is 0.251 e. The third kappa shape index (κ3) is 1.56. The van der Waals surface area contributed by atoms with Gasteiger partial charge in [0.05, 0.1) is 11.3 Å². The lowest BCUT2D eigenvalue weighted by molar-refractivity contribution is 0.146. The van der Waals surface area contributed by atoms with E-state index >= 15 is 0 Å². The summed E-state index contributed by atoms with van der Waals surface area (Å²) < 4.78 is 24.1. The second-order valence-electron chi connectivity index (χ2n) is 2.28. The van der Waals surface area contributed by atoms with Crippen molar-refractivity contribution in [2.75, 3.05) is 0 Å². The summed E-state index contributed by atoms with van der Waals surface area (Å²) in [5.41, 5.74) is 0.390. The largest absolute Gasteiger partial charge is 0.280 e. The summed E-state index contributed by atoms with van der Waals surface area (Å²) in [5.74, 6) is 0. The number of halogens is 2. The van der Waals surface area contributed by atoms with Crippen LogP contribution in [0, 0.1) is 18.3 Å². The van der Waals surface area contributed by atoms with Crippen LogP contribution in [-0.2, 0) is 0 Å². The van der Waals surface area contributed by atoms with Gasteiger partial charge in [0.15, 0.2) is 0 Å². The van der Waals surface area contributed by atoms with E-state index < -0.39 is 6.43 Å². The zero-order valence-electron chi connectivity index (χ0n) is 6.38. The second kappa shape index (κ2) is 3.26. The number of hydrogen-bond donors (Lipinski definition) is 0. The normalized spacial score (nSPS) is 9.92. The highest BCUT2D eigenvalue weighted by molar-refractivity contribution is 5.33. The van der Waals surface area contributed by atoms with E-state index in [1.165, 1.54) is 13.0 Å². The fraction of sp³-hybridized carbons (Fsp3) is 0.250. The molecule has 1 rings (SSSR count). The van der Waals surface area contributed by atoms with Crippen LogP contribution in [0.3, 0.4) is 0 Å². The van der Waals surface area contributed by atoms with Crippen LogP contribution < -0.4 is 0 Å². The number of aromatic nitrogens is 1. The molecular weight excluding hydrogens is 162 g/mol. The van der Waals surface area contributed by atoms with Crippen molar-refractivity contribution in [2.24, 2.45) is 0 Å². The van der Waals surface area contributed by atoms with Crippen LogP contribution in [0.5, 0.6) is 0 Å². The van der Waals surface area contributed by atoms with E-state index in [4.69, 9.17) is 5.26 Å². The topological polar surface area (TPSA) is 36.7 Å². The van der Waals surface area contributed by atoms with Gasteiger partial charge in [0.2, 0.25) is 0 Å². The van der Waals surface area contributed by atoms with Crippen LogP contribution >= 0.6 is 0 Å². The van der Waals surface area contributed by atoms with Crippen molar-refractivity contribution in [3.8, 4) is 6.07 Å². The predicted octanol–water partition coefficient (Wildman–Crippen LogP) is 2.20. The Morgan fingerprint density at radius 2 is 2.17 bits per heavy atom. The van der Waals surface area contributed by atoms with Crippen LogP contribution in [0.2, 0.25) is 0 Å². The molecule has 0 atom stereocenters. The first kappa shape index (κ1) is 8.60. The molecule has 0 aliphatic rings. The Labute approximate surface area is 68.5 Å². The standard InChI is InChI=1S/C8H6F2N2/c1-5-6(4-11)2-3-7(12-5)8(9)10/h2-3,8H,1H3. The van der Waals surface area contributed by atoms with Gasteiger partial charge in [-0.25, -0.2) is 8.78 Å². The molecule has 1 heterocycles. The van der Waals surface area contributed by atoms with Crippen molar-refractivity contribution in [1.82, 2.24) is 4.98 Å². The zero-order valence-corrected chi connectivity index (χ0v) is 6.38. The Balaban J connectivity index is 3.12. The quantitative estimate of drug-likeness (QED) is 0.644. The van der Waals surface area contributed by atoms with Gasteiger partial charge in [0, 0.05) is 0 Å². The van der Waals surface area contributed by atoms with E-state index in [9.17, 15) is 8.78 Å². The Morgan fingerprint density at radius 3 is 2.58 bits per heavy atom. The molecule has 0 bridgehead atoms. The Kier molecular flexibility index (Phi) is 2.34. The van der Waals surface area contributed by atoms with E-state index in [1.54, 1.807) is 0 Å². The summed E-state index contributed by atoms with van der Waals surface area (Å²) in [4.78, 5) is 3.57. The summed E-state index contributed by atoms with van der Waals surface area (Å²) in [5, 5.41) is 8.47. The first-order valence-corrected chi connectivity index (χ1v) is 3.31. The van der Waals surface area contributed by atoms with Gasteiger partial charge in [-0.05, 0) is 19.1 Å². The molecular formula is C8H6F2N2. The van der Waals surface area contributed by atoms with Crippen molar-refractivity contribution in [2.45, 2.75) is 13.3 Å². The maximum Gasteiger partial charge on any atom is 0.280 e. The molecule has 0 aliphatic heterocycles. The van der Waals surface area contributed by atoms with E-state index in [2.05, 4.69) is 4.98 Å². The predicted molar refractivity (Wildman–Crippen MR) is 38.6 cm³/mol. The molecule has 12 heavy (non-hydrogen) atoms. The van der Waals surface area contributed by atoms with Crippen LogP contribution in [0.15, 0.2) is 12.1 Å². The monoisotopic (exact) mass is 168 g/mol. The molecule has 0 amide bonds. The highest BCUT2D eigenvalue weighted by atomic mass is 19.3. The van der Waals surface area contributed by atoms with Gasteiger partial charge in [-0.15, -0.1) is 0 Å². The number of nitriles is 1. The highest BCUT2D eigenvalue weighted by Gasteiger charge is 2.09. The molecule has 0 unspecified atom stereocenters. The van der Waals surface area contributed by atoms with E-state index in [-0.39, 0.29) is 5.69 Å². The molecule has 2 nitrogen and oxygen atoms in total. The number of hydrogen-bond acceptors (Lipinski definition) is 2. The first-order valence-electron chi connectivity index (χ1n) is 3.31. The van der Waals surface area contributed by atoms with E-state index in [0.717, 1.165) is 6.07 Å². The van der Waals surface area contributed by atoms with Gasteiger partial charge >= 0.3 is 0 Å². The molecule has 4 heteroatoms. The van der Waals surface area contributed by atoms with Crippen molar-refractivity contribution in [1.29, 1.82) is 5.26 Å². The molecule has 0 aliphatic carbocycles. The van der Waals surface area contributed by atoms with Gasteiger partial charge in [0.1, 0.15) is 11.8 Å². The number of nitrogens with zero attached hydrogens (tertiary/aromatic N) is 2. The van der Waals surface area contributed by atoms with Crippen molar-refractivity contribution in [3.63, 3.8) is 0 Å². The number of rotatable bonds is 1. The van der Waals surface area contributed by atoms with Crippen LogP contribution in [0.4, 0.5) is 8.78 Å². The molecule has 1 aromatic heterocycles. The molecule has 1 aromatic rings. The summed E-state index contributed by atoms with van der Waals surface area (Å²) in [6.07, 6.45) is -2.57. The Hall–Kier alpha value is -1.50. The fourth-order valence-corrected chi connectivity index (χ4v) is 0.820. The van der Waals surface area contributed by atoms with Gasteiger partial charge in [-0.2, -0.15) is 5.26 Å². The van der Waals surface area contributed by atoms with Crippen LogP contribution in [-0.4, -0.2) is 4.98 Å². The fourth-order valence-electron chi connectivity index (χ4n) is 0.820. The van der Waals surface area contributed by atoms with Gasteiger partial charge in [-0.1, -0.05) is 0 Å². The lowest BCUT2D eigenvalue weighted by Gasteiger charge is -2.00. The number of aryl methyl sites for hydroxylation is 1. The lowest BCUT2D eigenvalue weighted by Crippen LogP contribution is -1.94. The lowest BCUT2D eigenvalue weighted by atomic mass is 10.2. The molecule has 0 saturated carbocycles. The number of alkyl halides is 2. The zero-order chi connectivity index (χ0) is 9.14. The average Bonchev–Trinajstić information content (AvgIpc) is 2.04. The molecule has 0 radical (unpaired) electrons. The molecule has 0 spiro atoms. The Bertz CT molecular complexity index is 328. The maximum absolute atomic E-state index is 12.0. The first-order chi connectivity index (χ1) is 5.65. The van der Waals surface area contributed by atoms with Crippen LogP contribution in [0.25, 0.3) is 0 Å². The van der Waals surface area contributed by atoms with E-state index in [0.29, 0.717) is 11.3 Å².